The Balaban J connectivity index is 1.39. The van der Waals surface area contributed by atoms with Crippen LogP contribution in [0.15, 0.2) is 59.7 Å². The summed E-state index contributed by atoms with van der Waals surface area (Å²) < 4.78 is 22.3. The molecule has 0 radical (unpaired) electrons. The van der Waals surface area contributed by atoms with E-state index in [2.05, 4.69) is 15.3 Å². The number of hydrogen-bond donors (Lipinski definition) is 1. The predicted octanol–water partition coefficient (Wildman–Crippen LogP) is 3.43. The van der Waals surface area contributed by atoms with E-state index in [-0.39, 0.29) is 17.4 Å². The van der Waals surface area contributed by atoms with Crippen LogP contribution < -0.4 is 15.6 Å². The molecule has 192 valence electrons. The molecule has 3 heterocycles. The topological polar surface area (TPSA) is 94.3 Å². The SMILES string of the molecule is CC(F)Oc1ccccc1Cn1c2cc(-c3cnc(NCC4CC(=O)N(C)C4)nc3)ccc2c(=O)n1C. The normalized spacial score (nSPS) is 16.4. The number of halogens is 1. The standard InChI is InChI=1S/C27H29FN6O3/c1-17(28)37-24-7-5-4-6-20(24)16-34-23-11-19(8-9-22(23)26(36)33(34)3)21-13-30-27(31-14-21)29-12-18-10-25(35)32(2)15-18/h4-9,11,13-14,17-18H,10,12,15-16H2,1-3H3,(H,29,30,31). The monoisotopic (exact) mass is 504 g/mol. The van der Waals surface area contributed by atoms with Gasteiger partial charge >= 0.3 is 0 Å². The van der Waals surface area contributed by atoms with Crippen molar-refractivity contribution in [3.8, 4) is 16.9 Å². The summed E-state index contributed by atoms with van der Waals surface area (Å²) in [6.45, 7) is 3.02. The first-order valence-electron chi connectivity index (χ1n) is 12.2. The van der Waals surface area contributed by atoms with E-state index in [0.717, 1.165) is 28.8 Å². The van der Waals surface area contributed by atoms with Crippen molar-refractivity contribution in [1.29, 1.82) is 0 Å². The Morgan fingerprint density at radius 2 is 1.86 bits per heavy atom. The molecule has 5 rings (SSSR count). The lowest BCUT2D eigenvalue weighted by molar-refractivity contribution is -0.126. The number of carbonyl (C=O) groups is 1. The molecule has 2 unspecified atom stereocenters. The molecule has 4 aromatic rings. The molecule has 0 bridgehead atoms. The van der Waals surface area contributed by atoms with Crippen LogP contribution in [0.5, 0.6) is 5.75 Å². The minimum absolute atomic E-state index is 0.120. The fraction of sp³-hybridized carbons (Fsp3) is 0.333. The molecule has 0 aliphatic carbocycles. The van der Waals surface area contributed by atoms with Crippen LogP contribution in [0.4, 0.5) is 10.3 Å². The van der Waals surface area contributed by atoms with Crippen molar-refractivity contribution in [3.05, 3.63) is 70.8 Å². The van der Waals surface area contributed by atoms with Gasteiger partial charge in [-0.3, -0.25) is 19.0 Å². The molecule has 0 saturated carbocycles. The van der Waals surface area contributed by atoms with Crippen LogP contribution in [0.1, 0.15) is 18.9 Å². The minimum Gasteiger partial charge on any atom is -0.460 e. The molecule has 1 fully saturated rings. The number of rotatable bonds is 8. The van der Waals surface area contributed by atoms with Crippen molar-refractivity contribution < 1.29 is 13.9 Å². The molecule has 2 aromatic heterocycles. The Kier molecular flexibility index (Phi) is 6.64. The van der Waals surface area contributed by atoms with E-state index in [1.165, 1.54) is 6.92 Å². The Hall–Kier alpha value is -4.21. The maximum Gasteiger partial charge on any atom is 0.274 e. The Labute approximate surface area is 213 Å². The number of anilines is 1. The molecule has 1 amide bonds. The van der Waals surface area contributed by atoms with E-state index in [1.807, 2.05) is 36.0 Å². The lowest BCUT2D eigenvalue weighted by Gasteiger charge is -2.15. The molecule has 1 saturated heterocycles. The number of hydrogen-bond acceptors (Lipinski definition) is 6. The van der Waals surface area contributed by atoms with Crippen LogP contribution in [0.2, 0.25) is 0 Å². The van der Waals surface area contributed by atoms with E-state index in [9.17, 15) is 14.0 Å². The number of ether oxygens (including phenoxy) is 1. The first-order valence-corrected chi connectivity index (χ1v) is 12.2. The van der Waals surface area contributed by atoms with Crippen LogP contribution in [0, 0.1) is 5.92 Å². The number of likely N-dealkylation sites (tertiary alicyclic amines) is 1. The zero-order valence-electron chi connectivity index (χ0n) is 21.0. The number of fused-ring (bicyclic) bond motifs is 1. The number of alkyl halides is 1. The summed E-state index contributed by atoms with van der Waals surface area (Å²) in [4.78, 5) is 35.2. The maximum absolute atomic E-state index is 13.6. The van der Waals surface area contributed by atoms with E-state index in [4.69, 9.17) is 4.74 Å². The fourth-order valence-corrected chi connectivity index (χ4v) is 4.73. The minimum atomic E-state index is -1.45. The summed E-state index contributed by atoms with van der Waals surface area (Å²) >= 11 is 0. The third kappa shape index (κ3) is 5.04. The summed E-state index contributed by atoms with van der Waals surface area (Å²) in [5.74, 6) is 1.34. The van der Waals surface area contributed by atoms with Crippen LogP contribution in [0.25, 0.3) is 22.0 Å². The average Bonchev–Trinajstić information content (AvgIpc) is 3.33. The van der Waals surface area contributed by atoms with Crippen molar-refractivity contribution in [1.82, 2.24) is 24.2 Å². The van der Waals surface area contributed by atoms with Crippen molar-refractivity contribution >= 4 is 22.8 Å². The van der Waals surface area contributed by atoms with Gasteiger partial charge in [0.25, 0.3) is 5.56 Å². The quantitative estimate of drug-likeness (QED) is 0.395. The van der Waals surface area contributed by atoms with Crippen LogP contribution >= 0.6 is 0 Å². The van der Waals surface area contributed by atoms with Gasteiger partial charge in [-0.15, -0.1) is 0 Å². The van der Waals surface area contributed by atoms with Gasteiger partial charge in [0, 0.05) is 70.0 Å². The number of amides is 1. The average molecular weight is 505 g/mol. The van der Waals surface area contributed by atoms with Gasteiger partial charge in [0.2, 0.25) is 18.2 Å². The number of benzene rings is 2. The summed E-state index contributed by atoms with van der Waals surface area (Å²) in [5, 5.41) is 3.80. The lowest BCUT2D eigenvalue weighted by Crippen LogP contribution is -2.21. The summed E-state index contributed by atoms with van der Waals surface area (Å²) in [6, 6.07) is 12.8. The first-order chi connectivity index (χ1) is 17.8. The molecule has 1 N–H and O–H groups in total. The molecule has 1 aliphatic heterocycles. The van der Waals surface area contributed by atoms with Gasteiger partial charge in [-0.1, -0.05) is 24.3 Å². The van der Waals surface area contributed by atoms with Crippen LogP contribution in [-0.4, -0.2) is 56.6 Å². The van der Waals surface area contributed by atoms with E-state index in [0.29, 0.717) is 36.6 Å². The molecule has 10 heteroatoms. The Bertz CT molecular complexity index is 1490. The molecule has 37 heavy (non-hydrogen) atoms. The van der Waals surface area contributed by atoms with Gasteiger partial charge in [-0.25, -0.2) is 14.4 Å². The lowest BCUT2D eigenvalue weighted by atomic mass is 10.1. The number of aromatic nitrogens is 4. The second-order valence-electron chi connectivity index (χ2n) is 9.41. The Morgan fingerprint density at radius 3 is 2.57 bits per heavy atom. The van der Waals surface area contributed by atoms with E-state index in [1.54, 1.807) is 47.2 Å². The summed E-state index contributed by atoms with van der Waals surface area (Å²) in [6.07, 6.45) is 2.56. The van der Waals surface area contributed by atoms with Gasteiger partial charge < -0.3 is 15.0 Å². The fourth-order valence-electron chi connectivity index (χ4n) is 4.73. The van der Waals surface area contributed by atoms with E-state index >= 15 is 0 Å². The highest BCUT2D eigenvalue weighted by atomic mass is 19.1. The number of nitrogens with one attached hydrogen (secondary N) is 1. The van der Waals surface area contributed by atoms with Gasteiger partial charge in [0.05, 0.1) is 17.4 Å². The molecule has 0 spiro atoms. The van der Waals surface area contributed by atoms with Gasteiger partial charge in [0.15, 0.2) is 0 Å². The molecular weight excluding hydrogens is 475 g/mol. The molecular formula is C27H29FN6O3. The summed E-state index contributed by atoms with van der Waals surface area (Å²) in [7, 11) is 3.52. The van der Waals surface area contributed by atoms with Crippen molar-refractivity contribution in [2.45, 2.75) is 26.2 Å². The second kappa shape index (κ2) is 10.0. The predicted molar refractivity (Wildman–Crippen MR) is 139 cm³/mol. The van der Waals surface area contributed by atoms with Gasteiger partial charge in [-0.2, -0.15) is 0 Å². The van der Waals surface area contributed by atoms with Crippen LogP contribution in [-0.2, 0) is 18.4 Å². The number of nitrogens with zero attached hydrogens (tertiary/aromatic N) is 5. The second-order valence-corrected chi connectivity index (χ2v) is 9.41. The maximum atomic E-state index is 13.6. The highest BCUT2D eigenvalue weighted by Crippen LogP contribution is 2.26. The zero-order valence-corrected chi connectivity index (χ0v) is 21.0. The largest absolute Gasteiger partial charge is 0.460 e. The number of para-hydroxylation sites is 1. The van der Waals surface area contributed by atoms with E-state index < -0.39 is 6.36 Å². The van der Waals surface area contributed by atoms with Crippen molar-refractivity contribution in [3.63, 3.8) is 0 Å². The third-order valence-electron chi connectivity index (χ3n) is 6.70. The van der Waals surface area contributed by atoms with Gasteiger partial charge in [-0.05, 0) is 23.8 Å². The summed E-state index contributed by atoms with van der Waals surface area (Å²) in [5.41, 5.74) is 3.05. The van der Waals surface area contributed by atoms with Crippen molar-refractivity contribution in [2.24, 2.45) is 13.0 Å². The number of carbonyl (C=O) groups excluding carboxylic acids is 1. The van der Waals surface area contributed by atoms with Gasteiger partial charge in [0.1, 0.15) is 5.75 Å². The molecule has 9 nitrogen and oxygen atoms in total. The van der Waals surface area contributed by atoms with Crippen LogP contribution in [0.3, 0.4) is 0 Å². The zero-order chi connectivity index (χ0) is 26.1. The van der Waals surface area contributed by atoms with Crippen molar-refractivity contribution in [2.75, 3.05) is 25.5 Å². The molecule has 1 aliphatic rings. The Morgan fingerprint density at radius 1 is 1.11 bits per heavy atom. The highest BCUT2D eigenvalue weighted by Gasteiger charge is 2.26. The molecule has 2 atom stereocenters. The highest BCUT2D eigenvalue weighted by molar-refractivity contribution is 5.84. The third-order valence-corrected chi connectivity index (χ3v) is 6.70. The molecule has 2 aromatic carbocycles. The first kappa shape index (κ1) is 24.5. The smallest absolute Gasteiger partial charge is 0.274 e.